The summed E-state index contributed by atoms with van der Waals surface area (Å²) in [6.07, 6.45) is 3.87. The van der Waals surface area contributed by atoms with Crippen molar-refractivity contribution in [3.05, 3.63) is 81.5 Å². The maximum Gasteiger partial charge on any atom is 0.0772 e. The minimum absolute atomic E-state index is 0.731. The lowest BCUT2D eigenvalue weighted by Crippen LogP contribution is -1.97. The monoisotopic (exact) mass is 372 g/mol. The summed E-state index contributed by atoms with van der Waals surface area (Å²) in [6.45, 7) is 2.06. The highest BCUT2D eigenvalue weighted by Gasteiger charge is 2.02. The van der Waals surface area contributed by atoms with Gasteiger partial charge in [0.25, 0.3) is 0 Å². The van der Waals surface area contributed by atoms with E-state index in [1.807, 2.05) is 54.9 Å². The molecule has 0 bridgehead atoms. The van der Waals surface area contributed by atoms with Crippen LogP contribution in [0.4, 0.5) is 5.69 Å². The molecule has 0 spiro atoms. The van der Waals surface area contributed by atoms with E-state index in [0.29, 0.717) is 0 Å². The summed E-state index contributed by atoms with van der Waals surface area (Å²) in [5.74, 6) is 0. The molecule has 0 aliphatic heterocycles. The molecule has 3 aromatic rings. The number of aliphatic imine (C=N–C) groups is 1. The third kappa shape index (κ3) is 3.32. The van der Waals surface area contributed by atoms with Crippen molar-refractivity contribution in [2.24, 2.45) is 4.99 Å². The van der Waals surface area contributed by atoms with E-state index in [2.05, 4.69) is 44.5 Å². The van der Waals surface area contributed by atoms with Gasteiger partial charge in [-0.15, -0.1) is 0 Å². The van der Waals surface area contributed by atoms with Gasteiger partial charge in [-0.3, -0.25) is 4.99 Å². The molecule has 110 valence electrons. The number of benzene rings is 2. The van der Waals surface area contributed by atoms with Crippen LogP contribution in [0.3, 0.4) is 0 Å². The number of hydrogen-bond donors (Lipinski definition) is 0. The van der Waals surface area contributed by atoms with Gasteiger partial charge in [-0.2, -0.15) is 0 Å². The lowest BCUT2D eigenvalue weighted by molar-refractivity contribution is 1.07. The highest BCUT2D eigenvalue weighted by Crippen LogP contribution is 2.26. The van der Waals surface area contributed by atoms with Gasteiger partial charge in [0.05, 0.1) is 17.6 Å². The standard InChI is InChI=1S/C18H14BrClN2/c1-13-4-9-18(17(19)11-13)21-12-16-3-2-10-22(16)15-7-5-14(20)6-8-15/h2-12H,1H3. The predicted octanol–water partition coefficient (Wildman–Crippen LogP) is 5.95. The van der Waals surface area contributed by atoms with E-state index in [1.165, 1.54) is 5.56 Å². The molecule has 0 aliphatic rings. The van der Waals surface area contributed by atoms with Crippen molar-refractivity contribution >= 4 is 39.4 Å². The van der Waals surface area contributed by atoms with Gasteiger partial charge in [0.1, 0.15) is 0 Å². The van der Waals surface area contributed by atoms with Gasteiger partial charge in [0, 0.05) is 21.4 Å². The van der Waals surface area contributed by atoms with Crippen molar-refractivity contribution in [2.75, 3.05) is 0 Å². The van der Waals surface area contributed by atoms with Gasteiger partial charge in [0.15, 0.2) is 0 Å². The fourth-order valence-corrected chi connectivity index (χ4v) is 2.91. The average molecular weight is 374 g/mol. The van der Waals surface area contributed by atoms with Crippen molar-refractivity contribution in [1.29, 1.82) is 0 Å². The van der Waals surface area contributed by atoms with Crippen LogP contribution in [-0.4, -0.2) is 10.8 Å². The Balaban J connectivity index is 1.92. The van der Waals surface area contributed by atoms with Gasteiger partial charge in [-0.05, 0) is 76.9 Å². The molecule has 2 aromatic carbocycles. The van der Waals surface area contributed by atoms with E-state index >= 15 is 0 Å². The molecule has 0 aliphatic carbocycles. The van der Waals surface area contributed by atoms with E-state index in [1.54, 1.807) is 0 Å². The van der Waals surface area contributed by atoms with E-state index in [-0.39, 0.29) is 0 Å². The van der Waals surface area contributed by atoms with E-state index < -0.39 is 0 Å². The summed E-state index contributed by atoms with van der Waals surface area (Å²) in [6, 6.07) is 17.9. The lowest BCUT2D eigenvalue weighted by atomic mass is 10.2. The summed E-state index contributed by atoms with van der Waals surface area (Å²) >= 11 is 9.49. The first-order valence-corrected chi connectivity index (χ1v) is 8.04. The molecule has 0 saturated carbocycles. The third-order valence-electron chi connectivity index (χ3n) is 3.32. The zero-order valence-electron chi connectivity index (χ0n) is 12.0. The zero-order valence-corrected chi connectivity index (χ0v) is 14.3. The molecular formula is C18H14BrClN2. The second-order valence-electron chi connectivity index (χ2n) is 4.99. The summed E-state index contributed by atoms with van der Waals surface area (Å²) in [5, 5.41) is 0.731. The predicted molar refractivity (Wildman–Crippen MR) is 96.9 cm³/mol. The molecule has 22 heavy (non-hydrogen) atoms. The quantitative estimate of drug-likeness (QED) is 0.505. The van der Waals surface area contributed by atoms with E-state index in [4.69, 9.17) is 11.6 Å². The first kappa shape index (κ1) is 15.1. The molecular weight excluding hydrogens is 360 g/mol. The van der Waals surface area contributed by atoms with Crippen LogP contribution in [0.25, 0.3) is 5.69 Å². The minimum atomic E-state index is 0.731. The maximum atomic E-state index is 5.94. The minimum Gasteiger partial charge on any atom is -0.316 e. The highest BCUT2D eigenvalue weighted by molar-refractivity contribution is 9.10. The SMILES string of the molecule is Cc1ccc(N=Cc2cccn2-c2ccc(Cl)cc2)c(Br)c1. The van der Waals surface area contributed by atoms with E-state index in [0.717, 1.165) is 26.6 Å². The van der Waals surface area contributed by atoms with Gasteiger partial charge < -0.3 is 4.57 Å². The zero-order chi connectivity index (χ0) is 15.5. The van der Waals surface area contributed by atoms with Crippen molar-refractivity contribution < 1.29 is 0 Å². The second-order valence-corrected chi connectivity index (χ2v) is 6.28. The Hall–Kier alpha value is -1.84. The van der Waals surface area contributed by atoms with Gasteiger partial charge in [0.2, 0.25) is 0 Å². The molecule has 0 radical (unpaired) electrons. The van der Waals surface area contributed by atoms with Crippen molar-refractivity contribution in [1.82, 2.24) is 4.57 Å². The van der Waals surface area contributed by atoms with Crippen LogP contribution in [0.5, 0.6) is 0 Å². The normalized spacial score (nSPS) is 11.2. The molecule has 0 atom stereocenters. The Morgan fingerprint density at radius 1 is 1.09 bits per heavy atom. The van der Waals surface area contributed by atoms with Crippen LogP contribution in [-0.2, 0) is 0 Å². The molecule has 1 heterocycles. The molecule has 0 amide bonds. The average Bonchev–Trinajstić information content (AvgIpc) is 2.95. The van der Waals surface area contributed by atoms with E-state index in [9.17, 15) is 0 Å². The first-order valence-electron chi connectivity index (χ1n) is 6.87. The molecule has 2 nitrogen and oxygen atoms in total. The topological polar surface area (TPSA) is 17.3 Å². The van der Waals surface area contributed by atoms with Crippen LogP contribution in [0, 0.1) is 6.92 Å². The largest absolute Gasteiger partial charge is 0.316 e. The van der Waals surface area contributed by atoms with Crippen LogP contribution >= 0.6 is 27.5 Å². The highest BCUT2D eigenvalue weighted by atomic mass is 79.9. The fourth-order valence-electron chi connectivity index (χ4n) is 2.19. The molecule has 3 rings (SSSR count). The number of rotatable bonds is 3. The van der Waals surface area contributed by atoms with Gasteiger partial charge >= 0.3 is 0 Å². The van der Waals surface area contributed by atoms with Crippen molar-refractivity contribution in [3.8, 4) is 5.69 Å². The number of halogens is 2. The van der Waals surface area contributed by atoms with Crippen LogP contribution in [0.1, 0.15) is 11.3 Å². The Bertz CT molecular complexity index is 819. The summed E-state index contributed by atoms with van der Waals surface area (Å²) < 4.78 is 3.07. The fraction of sp³-hybridized carbons (Fsp3) is 0.0556. The summed E-state index contributed by atoms with van der Waals surface area (Å²) in [4.78, 5) is 4.57. The maximum absolute atomic E-state index is 5.94. The van der Waals surface area contributed by atoms with Crippen molar-refractivity contribution in [3.63, 3.8) is 0 Å². The van der Waals surface area contributed by atoms with Gasteiger partial charge in [-0.1, -0.05) is 17.7 Å². The molecule has 0 N–H and O–H groups in total. The summed E-state index contributed by atoms with van der Waals surface area (Å²) in [5.41, 5.74) is 4.18. The lowest BCUT2D eigenvalue weighted by Gasteiger charge is -2.06. The first-order chi connectivity index (χ1) is 10.6. The number of nitrogens with zero attached hydrogens (tertiary/aromatic N) is 2. The Kier molecular flexibility index (Phi) is 4.46. The van der Waals surface area contributed by atoms with Gasteiger partial charge in [-0.25, -0.2) is 0 Å². The number of aryl methyl sites for hydroxylation is 1. The number of aromatic nitrogens is 1. The van der Waals surface area contributed by atoms with Crippen LogP contribution in [0.2, 0.25) is 5.02 Å². The van der Waals surface area contributed by atoms with Crippen LogP contribution < -0.4 is 0 Å². The molecule has 1 aromatic heterocycles. The number of hydrogen-bond acceptors (Lipinski definition) is 1. The Morgan fingerprint density at radius 2 is 1.86 bits per heavy atom. The molecule has 0 fully saturated rings. The molecule has 0 saturated heterocycles. The Morgan fingerprint density at radius 3 is 2.59 bits per heavy atom. The second kappa shape index (κ2) is 6.51. The third-order valence-corrected chi connectivity index (χ3v) is 4.21. The Labute approximate surface area is 143 Å². The smallest absolute Gasteiger partial charge is 0.0772 e. The molecule has 4 heteroatoms. The van der Waals surface area contributed by atoms with Crippen molar-refractivity contribution in [2.45, 2.75) is 6.92 Å². The molecule has 0 unspecified atom stereocenters. The summed E-state index contributed by atoms with van der Waals surface area (Å²) in [7, 11) is 0. The van der Waals surface area contributed by atoms with Crippen LogP contribution in [0.15, 0.2) is 70.3 Å².